The predicted molar refractivity (Wildman–Crippen MR) is 128 cm³/mol. The van der Waals surface area contributed by atoms with E-state index in [-0.39, 0.29) is 34.8 Å². The van der Waals surface area contributed by atoms with Crippen molar-refractivity contribution in [2.24, 2.45) is 16.3 Å². The summed E-state index contributed by atoms with van der Waals surface area (Å²) < 4.78 is 11.4. The molecule has 0 radical (unpaired) electrons. The number of hydrogen-bond donors (Lipinski definition) is 2. The van der Waals surface area contributed by atoms with Crippen LogP contribution in [0.25, 0.3) is 0 Å². The summed E-state index contributed by atoms with van der Waals surface area (Å²) in [7, 11) is 3.61. The van der Waals surface area contributed by atoms with E-state index in [1.165, 1.54) is 31.2 Å². The van der Waals surface area contributed by atoms with E-state index in [9.17, 15) is 0 Å². The molecule has 1 heterocycles. The summed E-state index contributed by atoms with van der Waals surface area (Å²) in [5.41, 5.74) is 1.68. The molecule has 0 bridgehead atoms. The molecule has 3 fully saturated rings. The molecular formula is C23H36IN3O2. The van der Waals surface area contributed by atoms with E-state index in [4.69, 9.17) is 9.47 Å². The minimum Gasteiger partial charge on any atom is -0.497 e. The van der Waals surface area contributed by atoms with Gasteiger partial charge in [0.1, 0.15) is 5.75 Å². The third-order valence-corrected chi connectivity index (χ3v) is 7.45. The fraction of sp³-hybridized carbons (Fsp3) is 0.696. The van der Waals surface area contributed by atoms with E-state index in [1.54, 1.807) is 7.11 Å². The minimum atomic E-state index is 0. The number of nitrogens with zero attached hydrogens (tertiary/aromatic N) is 1. The maximum absolute atomic E-state index is 5.94. The molecule has 6 heteroatoms. The summed E-state index contributed by atoms with van der Waals surface area (Å²) in [6.07, 6.45) is 6.51. The second-order valence-corrected chi connectivity index (χ2v) is 9.33. The van der Waals surface area contributed by atoms with E-state index in [1.807, 2.05) is 13.1 Å². The van der Waals surface area contributed by atoms with Gasteiger partial charge in [-0.1, -0.05) is 38.8 Å². The van der Waals surface area contributed by atoms with E-state index < -0.39 is 0 Å². The van der Waals surface area contributed by atoms with Gasteiger partial charge in [0, 0.05) is 43.0 Å². The molecular weight excluding hydrogens is 477 g/mol. The van der Waals surface area contributed by atoms with Crippen LogP contribution in [0.15, 0.2) is 29.3 Å². The number of ether oxygens (including phenoxy) is 2. The van der Waals surface area contributed by atoms with Crippen LogP contribution in [-0.2, 0) is 10.2 Å². The first-order valence-electron chi connectivity index (χ1n) is 10.7. The van der Waals surface area contributed by atoms with Crippen LogP contribution >= 0.6 is 24.0 Å². The average Bonchev–Trinajstić information content (AvgIpc) is 3.37. The molecule has 4 rings (SSSR count). The normalized spacial score (nSPS) is 29.4. The van der Waals surface area contributed by atoms with Crippen molar-refractivity contribution in [3.05, 3.63) is 29.8 Å². The highest BCUT2D eigenvalue weighted by molar-refractivity contribution is 14.0. The quantitative estimate of drug-likeness (QED) is 0.354. The lowest BCUT2D eigenvalue weighted by molar-refractivity contribution is -0.106. The number of guanidine groups is 1. The molecule has 0 aromatic heterocycles. The number of nitrogens with one attached hydrogen (secondary N) is 2. The Labute approximate surface area is 192 Å². The van der Waals surface area contributed by atoms with Crippen LogP contribution in [0.1, 0.15) is 51.5 Å². The molecule has 2 N–H and O–H groups in total. The predicted octanol–water partition coefficient (Wildman–Crippen LogP) is 4.10. The van der Waals surface area contributed by atoms with E-state index in [0.29, 0.717) is 18.1 Å². The highest BCUT2D eigenvalue weighted by atomic mass is 127. The van der Waals surface area contributed by atoms with Crippen molar-refractivity contribution in [2.75, 3.05) is 27.3 Å². The summed E-state index contributed by atoms with van der Waals surface area (Å²) in [6.45, 7) is 6.40. The number of fused-ring (bicyclic) bond motifs is 1. The van der Waals surface area contributed by atoms with Gasteiger partial charge in [0.25, 0.3) is 0 Å². The molecule has 2 saturated carbocycles. The Morgan fingerprint density at radius 3 is 2.72 bits per heavy atom. The Hall–Kier alpha value is -1.02. The fourth-order valence-electron chi connectivity index (χ4n) is 5.78. The molecule has 29 heavy (non-hydrogen) atoms. The smallest absolute Gasteiger partial charge is 0.191 e. The molecule has 1 aromatic carbocycles. The van der Waals surface area contributed by atoms with Gasteiger partial charge in [-0.25, -0.2) is 0 Å². The van der Waals surface area contributed by atoms with Gasteiger partial charge < -0.3 is 20.1 Å². The Balaban J connectivity index is 0.00000240. The second-order valence-electron chi connectivity index (χ2n) is 9.33. The number of aliphatic imine (C=N–C) groups is 1. The van der Waals surface area contributed by atoms with Crippen LogP contribution in [0.4, 0.5) is 0 Å². The largest absolute Gasteiger partial charge is 0.497 e. The third-order valence-electron chi connectivity index (χ3n) is 7.45. The zero-order valence-electron chi connectivity index (χ0n) is 18.2. The molecule has 0 spiro atoms. The first-order chi connectivity index (χ1) is 13.5. The molecule has 3 unspecified atom stereocenters. The van der Waals surface area contributed by atoms with Gasteiger partial charge in [0.05, 0.1) is 13.2 Å². The average molecular weight is 513 g/mol. The number of hydrogen-bond acceptors (Lipinski definition) is 3. The van der Waals surface area contributed by atoms with Crippen molar-refractivity contribution < 1.29 is 9.47 Å². The summed E-state index contributed by atoms with van der Waals surface area (Å²) in [5.74, 6) is 2.46. The topological polar surface area (TPSA) is 54.9 Å². The Morgan fingerprint density at radius 2 is 2.03 bits per heavy atom. The van der Waals surface area contributed by atoms with Crippen molar-refractivity contribution >= 4 is 29.9 Å². The first-order valence-corrected chi connectivity index (χ1v) is 10.7. The highest BCUT2D eigenvalue weighted by Gasteiger charge is 2.59. The van der Waals surface area contributed by atoms with Crippen molar-refractivity contribution in [1.82, 2.24) is 10.6 Å². The Bertz CT molecular complexity index is 731. The maximum atomic E-state index is 5.94. The molecule has 3 aliphatic rings. The van der Waals surface area contributed by atoms with Crippen LogP contribution < -0.4 is 15.4 Å². The summed E-state index contributed by atoms with van der Waals surface area (Å²) in [6, 6.07) is 9.01. The van der Waals surface area contributed by atoms with Gasteiger partial charge >= 0.3 is 0 Å². The zero-order valence-corrected chi connectivity index (χ0v) is 20.5. The Morgan fingerprint density at radius 1 is 1.28 bits per heavy atom. The van der Waals surface area contributed by atoms with Crippen molar-refractivity contribution in [3.8, 4) is 5.75 Å². The van der Waals surface area contributed by atoms with Crippen LogP contribution in [-0.4, -0.2) is 45.4 Å². The van der Waals surface area contributed by atoms with Crippen LogP contribution in [0.2, 0.25) is 0 Å². The minimum absolute atomic E-state index is 0. The van der Waals surface area contributed by atoms with Crippen molar-refractivity contribution in [2.45, 2.75) is 63.5 Å². The zero-order chi connectivity index (χ0) is 19.8. The highest BCUT2D eigenvalue weighted by Crippen LogP contribution is 2.52. The third kappa shape index (κ3) is 4.11. The molecule has 1 aliphatic heterocycles. The van der Waals surface area contributed by atoms with Gasteiger partial charge in [-0.15, -0.1) is 24.0 Å². The van der Waals surface area contributed by atoms with Gasteiger partial charge in [0.2, 0.25) is 0 Å². The maximum Gasteiger partial charge on any atom is 0.191 e. The standard InChI is InChI=1S/C23H35N3O2.HI/c1-22(2)19(18-10-13-28-20(18)22)26-21(24-3)25-15-23(11-5-6-12-23)16-8-7-9-17(14-16)27-4;/h7-9,14,18-20H,5-6,10-13,15H2,1-4H3,(H2,24,25,26);1H. The lowest BCUT2D eigenvalue weighted by atomic mass is 9.57. The molecule has 162 valence electrons. The summed E-state index contributed by atoms with van der Waals surface area (Å²) in [4.78, 5) is 4.54. The lowest BCUT2D eigenvalue weighted by Gasteiger charge is -2.55. The van der Waals surface area contributed by atoms with Crippen LogP contribution in [0.3, 0.4) is 0 Å². The van der Waals surface area contributed by atoms with Gasteiger partial charge in [-0.3, -0.25) is 4.99 Å². The Kier molecular flexibility index (Phi) is 7.03. The molecule has 1 aromatic rings. The van der Waals surface area contributed by atoms with Crippen molar-refractivity contribution in [3.63, 3.8) is 0 Å². The molecule has 0 amide bonds. The molecule has 5 nitrogen and oxygen atoms in total. The summed E-state index contributed by atoms with van der Waals surface area (Å²) in [5, 5.41) is 7.38. The second kappa shape index (κ2) is 9.00. The van der Waals surface area contributed by atoms with Gasteiger partial charge in [0.15, 0.2) is 5.96 Å². The molecule has 1 saturated heterocycles. The van der Waals surface area contributed by atoms with E-state index in [0.717, 1.165) is 31.3 Å². The van der Waals surface area contributed by atoms with Gasteiger partial charge in [-0.05, 0) is 37.0 Å². The van der Waals surface area contributed by atoms with Crippen LogP contribution in [0, 0.1) is 11.3 Å². The van der Waals surface area contributed by atoms with Crippen molar-refractivity contribution in [1.29, 1.82) is 0 Å². The molecule has 2 aliphatic carbocycles. The monoisotopic (exact) mass is 513 g/mol. The van der Waals surface area contributed by atoms with Gasteiger partial charge in [-0.2, -0.15) is 0 Å². The lowest BCUT2D eigenvalue weighted by Crippen LogP contribution is -2.68. The van der Waals surface area contributed by atoms with E-state index >= 15 is 0 Å². The van der Waals surface area contributed by atoms with Crippen LogP contribution in [0.5, 0.6) is 5.75 Å². The number of rotatable bonds is 5. The fourth-order valence-corrected chi connectivity index (χ4v) is 5.78. The first kappa shape index (κ1) is 22.7. The number of halogens is 1. The van der Waals surface area contributed by atoms with E-state index in [2.05, 4.69) is 47.7 Å². The summed E-state index contributed by atoms with van der Waals surface area (Å²) >= 11 is 0. The SMILES string of the molecule is CN=C(NCC1(c2cccc(OC)c2)CCCC1)NC1C2CCOC2C1(C)C.I. The molecule has 3 atom stereocenters. The number of methoxy groups -OCH3 is 1. The number of benzene rings is 1.